The van der Waals surface area contributed by atoms with Crippen molar-refractivity contribution in [2.75, 3.05) is 11.9 Å². The highest BCUT2D eigenvalue weighted by Crippen LogP contribution is 2.25. The first kappa shape index (κ1) is 18.6. The summed E-state index contributed by atoms with van der Waals surface area (Å²) in [5, 5.41) is 11.0. The minimum absolute atomic E-state index is 0.240. The fourth-order valence-corrected chi connectivity index (χ4v) is 2.95. The zero-order valence-electron chi connectivity index (χ0n) is 15.3. The summed E-state index contributed by atoms with van der Waals surface area (Å²) in [4.78, 5) is 36.0. The molecule has 0 saturated carbocycles. The minimum atomic E-state index is -1.13. The van der Waals surface area contributed by atoms with Crippen LogP contribution in [0.2, 0.25) is 0 Å². The van der Waals surface area contributed by atoms with Crippen molar-refractivity contribution in [3.63, 3.8) is 0 Å². The molecule has 2 aromatic rings. The normalized spacial score (nSPS) is 18.7. The highest BCUT2D eigenvalue weighted by atomic mass is 16.2. The highest BCUT2D eigenvalue weighted by Gasteiger charge is 2.43. The Kier molecular flexibility index (Phi) is 5.23. The Balaban J connectivity index is 1.75. The Morgan fingerprint density at radius 2 is 1.78 bits per heavy atom. The highest BCUT2D eigenvalue weighted by molar-refractivity contribution is 6.07. The number of urea groups is 1. The Morgan fingerprint density at radius 1 is 1.07 bits per heavy atom. The molecule has 7 heteroatoms. The van der Waals surface area contributed by atoms with Crippen molar-refractivity contribution in [1.82, 2.24) is 16.0 Å². The topological polar surface area (TPSA) is 99.3 Å². The molecule has 1 aliphatic heterocycles. The van der Waals surface area contributed by atoms with Gasteiger partial charge in [-0.2, -0.15) is 0 Å². The van der Waals surface area contributed by atoms with E-state index in [2.05, 4.69) is 21.3 Å². The molecule has 0 bridgehead atoms. The van der Waals surface area contributed by atoms with Crippen LogP contribution in [0.15, 0.2) is 48.5 Å². The summed E-state index contributed by atoms with van der Waals surface area (Å²) in [6.07, 6.45) is 0. The lowest BCUT2D eigenvalue weighted by Gasteiger charge is -2.21. The molecule has 1 saturated heterocycles. The summed E-state index contributed by atoms with van der Waals surface area (Å²) < 4.78 is 0. The van der Waals surface area contributed by atoms with Gasteiger partial charge in [-0.15, -0.1) is 0 Å². The second kappa shape index (κ2) is 7.59. The van der Waals surface area contributed by atoms with E-state index >= 15 is 0 Å². The molecule has 7 nitrogen and oxygen atoms in total. The third kappa shape index (κ3) is 3.83. The van der Waals surface area contributed by atoms with Gasteiger partial charge in [0.15, 0.2) is 0 Å². The number of rotatable bonds is 6. The summed E-state index contributed by atoms with van der Waals surface area (Å²) >= 11 is 0. The average molecular weight is 366 g/mol. The molecule has 3 rings (SSSR count). The molecule has 0 radical (unpaired) electrons. The monoisotopic (exact) mass is 366 g/mol. The van der Waals surface area contributed by atoms with Crippen molar-refractivity contribution >= 4 is 23.5 Å². The van der Waals surface area contributed by atoms with Crippen LogP contribution in [-0.4, -0.2) is 24.4 Å². The summed E-state index contributed by atoms with van der Waals surface area (Å²) in [5.74, 6) is -0.655. The molecule has 1 unspecified atom stereocenters. The van der Waals surface area contributed by atoms with E-state index in [-0.39, 0.29) is 5.91 Å². The third-order valence-corrected chi connectivity index (χ3v) is 4.60. The maximum atomic E-state index is 12.6. The van der Waals surface area contributed by atoms with Crippen LogP contribution in [0.5, 0.6) is 0 Å². The Morgan fingerprint density at radius 3 is 2.41 bits per heavy atom. The zero-order chi connectivity index (χ0) is 19.4. The number of para-hydroxylation sites is 1. The van der Waals surface area contributed by atoms with E-state index in [0.717, 1.165) is 17.8 Å². The van der Waals surface area contributed by atoms with Crippen molar-refractivity contribution < 1.29 is 14.4 Å². The largest absolute Gasteiger partial charge is 0.322 e. The van der Waals surface area contributed by atoms with Gasteiger partial charge in [0, 0.05) is 17.8 Å². The van der Waals surface area contributed by atoms with E-state index < -0.39 is 17.5 Å². The first-order valence-electron chi connectivity index (χ1n) is 8.78. The Bertz CT molecular complexity index is 879. The van der Waals surface area contributed by atoms with Crippen molar-refractivity contribution in [3.05, 3.63) is 65.2 Å². The molecule has 0 aliphatic carbocycles. The van der Waals surface area contributed by atoms with Crippen molar-refractivity contribution in [2.24, 2.45) is 0 Å². The van der Waals surface area contributed by atoms with Gasteiger partial charge in [-0.1, -0.05) is 37.3 Å². The van der Waals surface area contributed by atoms with Crippen LogP contribution in [0, 0.1) is 0 Å². The predicted octanol–water partition coefficient (Wildman–Crippen LogP) is 2.10. The molecule has 4 N–H and O–H groups in total. The average Bonchev–Trinajstić information content (AvgIpc) is 2.93. The van der Waals surface area contributed by atoms with Gasteiger partial charge in [-0.05, 0) is 42.8 Å². The SMILES string of the molecule is CCNCc1ccccc1NC(=O)c1ccc(C2(C)NC(=O)NC2=O)cc1. The van der Waals surface area contributed by atoms with Crippen LogP contribution in [0.1, 0.15) is 35.3 Å². The van der Waals surface area contributed by atoms with E-state index in [9.17, 15) is 14.4 Å². The summed E-state index contributed by atoms with van der Waals surface area (Å²) in [6.45, 7) is 5.15. The molecule has 1 fully saturated rings. The first-order valence-corrected chi connectivity index (χ1v) is 8.78. The molecule has 140 valence electrons. The van der Waals surface area contributed by atoms with Crippen LogP contribution in [0.3, 0.4) is 0 Å². The van der Waals surface area contributed by atoms with Gasteiger partial charge in [0.2, 0.25) is 0 Å². The van der Waals surface area contributed by atoms with Gasteiger partial charge in [0.05, 0.1) is 0 Å². The summed E-state index contributed by atoms with van der Waals surface area (Å²) in [5.41, 5.74) is 1.69. The Labute approximate surface area is 157 Å². The number of anilines is 1. The molecular formula is C20H22N4O3. The summed E-state index contributed by atoms with van der Waals surface area (Å²) in [6, 6.07) is 13.7. The second-order valence-electron chi connectivity index (χ2n) is 6.50. The lowest BCUT2D eigenvalue weighted by Crippen LogP contribution is -2.40. The molecule has 1 heterocycles. The molecule has 0 aromatic heterocycles. The van der Waals surface area contributed by atoms with Gasteiger partial charge in [-0.3, -0.25) is 14.9 Å². The maximum Gasteiger partial charge on any atom is 0.322 e. The van der Waals surface area contributed by atoms with Crippen LogP contribution in [0.4, 0.5) is 10.5 Å². The van der Waals surface area contributed by atoms with E-state index in [1.54, 1.807) is 31.2 Å². The van der Waals surface area contributed by atoms with E-state index in [0.29, 0.717) is 17.7 Å². The van der Waals surface area contributed by atoms with Gasteiger partial charge in [0.1, 0.15) is 5.54 Å². The van der Waals surface area contributed by atoms with Crippen LogP contribution < -0.4 is 21.3 Å². The van der Waals surface area contributed by atoms with Gasteiger partial charge in [-0.25, -0.2) is 4.79 Å². The Hall–Kier alpha value is -3.19. The van der Waals surface area contributed by atoms with Crippen molar-refractivity contribution in [2.45, 2.75) is 25.9 Å². The number of hydrogen-bond donors (Lipinski definition) is 4. The number of amides is 4. The van der Waals surface area contributed by atoms with Crippen LogP contribution in [0.25, 0.3) is 0 Å². The van der Waals surface area contributed by atoms with E-state index in [1.165, 1.54) is 0 Å². The molecule has 27 heavy (non-hydrogen) atoms. The fraction of sp³-hybridized carbons (Fsp3) is 0.250. The second-order valence-corrected chi connectivity index (χ2v) is 6.50. The number of hydrogen-bond acceptors (Lipinski definition) is 4. The van der Waals surface area contributed by atoms with Crippen LogP contribution >= 0.6 is 0 Å². The molecule has 1 aliphatic rings. The third-order valence-electron chi connectivity index (χ3n) is 4.60. The number of benzene rings is 2. The molecule has 4 amide bonds. The lowest BCUT2D eigenvalue weighted by atomic mass is 9.91. The van der Waals surface area contributed by atoms with E-state index in [4.69, 9.17) is 0 Å². The number of carbonyl (C=O) groups is 3. The predicted molar refractivity (Wildman–Crippen MR) is 102 cm³/mol. The van der Waals surface area contributed by atoms with Crippen molar-refractivity contribution in [3.8, 4) is 0 Å². The minimum Gasteiger partial charge on any atom is -0.322 e. The van der Waals surface area contributed by atoms with Gasteiger partial charge < -0.3 is 16.0 Å². The molecular weight excluding hydrogens is 344 g/mol. The number of imide groups is 1. The molecule has 2 aromatic carbocycles. The maximum absolute atomic E-state index is 12.6. The lowest BCUT2D eigenvalue weighted by molar-refractivity contribution is -0.123. The van der Waals surface area contributed by atoms with Gasteiger partial charge in [0.25, 0.3) is 11.8 Å². The molecule has 1 atom stereocenters. The summed E-state index contributed by atoms with van der Waals surface area (Å²) in [7, 11) is 0. The van der Waals surface area contributed by atoms with Crippen molar-refractivity contribution in [1.29, 1.82) is 0 Å². The molecule has 0 spiro atoms. The standard InChI is InChI=1S/C20H22N4O3/c1-3-21-12-14-6-4-5-7-16(14)22-17(25)13-8-10-15(11-9-13)20(2)18(26)23-19(27)24-20/h4-11,21H,3,12H2,1-2H3,(H,22,25)(H2,23,24,26,27). The fourth-order valence-electron chi connectivity index (χ4n) is 2.95. The van der Waals surface area contributed by atoms with Gasteiger partial charge >= 0.3 is 6.03 Å². The smallest absolute Gasteiger partial charge is 0.322 e. The van der Waals surface area contributed by atoms with E-state index in [1.807, 2.05) is 31.2 Å². The number of nitrogens with one attached hydrogen (secondary N) is 4. The zero-order valence-corrected chi connectivity index (χ0v) is 15.3. The number of carbonyl (C=O) groups excluding carboxylic acids is 3. The first-order chi connectivity index (χ1) is 12.9. The quantitative estimate of drug-likeness (QED) is 0.588. The van der Waals surface area contributed by atoms with Crippen LogP contribution in [-0.2, 0) is 16.9 Å².